The van der Waals surface area contributed by atoms with Gasteiger partial charge >= 0.3 is 5.97 Å². The summed E-state index contributed by atoms with van der Waals surface area (Å²) in [5.74, 6) is 1.34. The molecular weight excluding hydrogens is 560 g/mol. The van der Waals surface area contributed by atoms with Crippen molar-refractivity contribution in [2.24, 2.45) is 0 Å². The van der Waals surface area contributed by atoms with E-state index in [-0.39, 0.29) is 29.6 Å². The van der Waals surface area contributed by atoms with Gasteiger partial charge in [-0.2, -0.15) is 0 Å². The number of allylic oxidation sites excluding steroid dienone is 1. The third-order valence-electron chi connectivity index (χ3n) is 6.04. The van der Waals surface area contributed by atoms with Crippen molar-refractivity contribution in [2.45, 2.75) is 13.5 Å². The van der Waals surface area contributed by atoms with Gasteiger partial charge in [0, 0.05) is 21.7 Å². The summed E-state index contributed by atoms with van der Waals surface area (Å²) in [6.07, 6.45) is 1.64. The number of aryl methyl sites for hydroxylation is 1. The van der Waals surface area contributed by atoms with Crippen LogP contribution in [0.25, 0.3) is 6.08 Å². The SMILES string of the molecule is COc1cc(C(=O)Oc2cc(C)c3c(c2)O/C(=C\c2cc(Br)cc4c2OCOC4)C3=O)cc(OC)c1OC. The Balaban J connectivity index is 1.43. The Morgan fingerprint density at radius 1 is 1.00 bits per heavy atom. The number of fused-ring (bicyclic) bond motifs is 2. The molecule has 5 rings (SSSR count). The minimum atomic E-state index is -0.649. The number of esters is 1. The van der Waals surface area contributed by atoms with E-state index >= 15 is 0 Å². The van der Waals surface area contributed by atoms with Crippen LogP contribution in [0.3, 0.4) is 0 Å². The van der Waals surface area contributed by atoms with Gasteiger partial charge in [-0.1, -0.05) is 15.9 Å². The van der Waals surface area contributed by atoms with Gasteiger partial charge in [0.15, 0.2) is 24.1 Å². The number of carbonyl (C=O) groups is 2. The summed E-state index contributed by atoms with van der Waals surface area (Å²) in [6.45, 7) is 2.28. The van der Waals surface area contributed by atoms with Crippen molar-refractivity contribution in [1.29, 1.82) is 0 Å². The molecule has 3 aromatic rings. The number of rotatable bonds is 6. The molecule has 0 bridgehead atoms. The highest BCUT2D eigenvalue weighted by molar-refractivity contribution is 9.10. The Morgan fingerprint density at radius 3 is 2.42 bits per heavy atom. The average Bonchev–Trinajstić information content (AvgIpc) is 3.22. The summed E-state index contributed by atoms with van der Waals surface area (Å²) in [6, 6.07) is 9.86. The topological polar surface area (TPSA) is 98.8 Å². The molecule has 0 saturated carbocycles. The molecule has 0 N–H and O–H groups in total. The predicted octanol–water partition coefficient (Wildman–Crippen LogP) is 5.49. The van der Waals surface area contributed by atoms with Gasteiger partial charge < -0.3 is 33.2 Å². The number of carbonyl (C=O) groups excluding carboxylic acids is 2. The first kappa shape index (κ1) is 25.6. The minimum absolute atomic E-state index is 0.125. The zero-order chi connectivity index (χ0) is 27.0. The molecule has 3 aromatic carbocycles. The van der Waals surface area contributed by atoms with Gasteiger partial charge in [0.05, 0.1) is 39.1 Å². The first-order chi connectivity index (χ1) is 18.3. The summed E-state index contributed by atoms with van der Waals surface area (Å²) in [5, 5.41) is 0. The van der Waals surface area contributed by atoms with Crippen molar-refractivity contribution in [3.63, 3.8) is 0 Å². The van der Waals surface area contributed by atoms with E-state index in [0.717, 1.165) is 10.0 Å². The number of hydrogen-bond acceptors (Lipinski definition) is 9. The van der Waals surface area contributed by atoms with Crippen molar-refractivity contribution in [1.82, 2.24) is 0 Å². The minimum Gasteiger partial charge on any atom is -0.493 e. The van der Waals surface area contributed by atoms with Crippen LogP contribution in [0.4, 0.5) is 0 Å². The lowest BCUT2D eigenvalue weighted by Gasteiger charge is -2.20. The van der Waals surface area contributed by atoms with E-state index in [9.17, 15) is 9.59 Å². The molecule has 196 valence electrons. The van der Waals surface area contributed by atoms with E-state index in [1.165, 1.54) is 39.5 Å². The van der Waals surface area contributed by atoms with Crippen LogP contribution in [0.5, 0.6) is 34.5 Å². The van der Waals surface area contributed by atoms with Crippen LogP contribution in [0.1, 0.15) is 37.4 Å². The van der Waals surface area contributed by atoms with Gasteiger partial charge in [0.1, 0.15) is 17.2 Å². The van der Waals surface area contributed by atoms with Crippen LogP contribution in [0.15, 0.2) is 46.6 Å². The van der Waals surface area contributed by atoms with Crippen LogP contribution in [0.2, 0.25) is 0 Å². The summed E-state index contributed by atoms with van der Waals surface area (Å²) in [4.78, 5) is 26.2. The molecule has 10 heteroatoms. The fourth-order valence-electron chi connectivity index (χ4n) is 4.36. The lowest BCUT2D eigenvalue weighted by molar-refractivity contribution is -0.0165. The number of methoxy groups -OCH3 is 3. The maximum atomic E-state index is 13.2. The van der Waals surface area contributed by atoms with Gasteiger partial charge in [-0.15, -0.1) is 0 Å². The maximum absolute atomic E-state index is 13.2. The third kappa shape index (κ3) is 4.68. The molecule has 2 aliphatic heterocycles. The van der Waals surface area contributed by atoms with Crippen molar-refractivity contribution in [3.05, 3.63) is 74.4 Å². The molecule has 0 fully saturated rings. The molecular formula is C28H23BrO9. The largest absolute Gasteiger partial charge is 0.493 e. The zero-order valence-electron chi connectivity index (χ0n) is 21.0. The predicted molar refractivity (Wildman–Crippen MR) is 140 cm³/mol. The van der Waals surface area contributed by atoms with E-state index < -0.39 is 5.97 Å². The maximum Gasteiger partial charge on any atom is 0.343 e. The number of halogens is 1. The van der Waals surface area contributed by atoms with E-state index in [0.29, 0.717) is 52.0 Å². The molecule has 0 aliphatic carbocycles. The van der Waals surface area contributed by atoms with Gasteiger partial charge in [-0.3, -0.25) is 4.79 Å². The fraction of sp³-hybridized carbons (Fsp3) is 0.214. The highest BCUT2D eigenvalue weighted by Crippen LogP contribution is 2.41. The molecule has 0 radical (unpaired) electrons. The molecule has 0 unspecified atom stereocenters. The first-order valence-corrected chi connectivity index (χ1v) is 12.3. The molecule has 0 atom stereocenters. The van der Waals surface area contributed by atoms with E-state index in [2.05, 4.69) is 15.9 Å². The van der Waals surface area contributed by atoms with E-state index in [1.807, 2.05) is 12.1 Å². The second kappa shape index (κ2) is 10.4. The number of hydrogen-bond donors (Lipinski definition) is 0. The summed E-state index contributed by atoms with van der Waals surface area (Å²) in [7, 11) is 4.39. The number of benzene rings is 3. The highest BCUT2D eigenvalue weighted by Gasteiger charge is 2.31. The number of ether oxygens (including phenoxy) is 7. The molecule has 0 aromatic heterocycles. The molecule has 0 saturated heterocycles. The smallest absolute Gasteiger partial charge is 0.343 e. The Kier molecular flexibility index (Phi) is 7.00. The number of Topliss-reactive ketones (excluding diaryl/α,β-unsaturated/α-hetero) is 1. The molecule has 38 heavy (non-hydrogen) atoms. The second-order valence-electron chi connectivity index (χ2n) is 8.45. The standard InChI is InChI=1S/C28H23BrO9/c1-14-5-19(37-28(31)16-9-22(32-2)27(34-4)23(10-16)33-3)11-20-24(14)25(30)21(38-20)8-15-6-18(29)7-17-12-35-13-36-26(15)17/h5-11H,12-13H2,1-4H3/b21-8-. The van der Waals surface area contributed by atoms with Gasteiger partial charge in [0.2, 0.25) is 11.5 Å². The van der Waals surface area contributed by atoms with Crippen LogP contribution in [-0.4, -0.2) is 39.9 Å². The summed E-state index contributed by atoms with van der Waals surface area (Å²) >= 11 is 3.49. The summed E-state index contributed by atoms with van der Waals surface area (Å²) in [5.41, 5.74) is 2.73. The normalized spacial score (nSPS) is 14.8. The Bertz CT molecular complexity index is 1470. The van der Waals surface area contributed by atoms with Gasteiger partial charge in [0.25, 0.3) is 0 Å². The molecule has 9 nitrogen and oxygen atoms in total. The molecule has 2 aliphatic rings. The van der Waals surface area contributed by atoms with Crippen molar-refractivity contribution in [3.8, 4) is 34.5 Å². The van der Waals surface area contributed by atoms with Crippen molar-refractivity contribution in [2.75, 3.05) is 28.1 Å². The average molecular weight is 583 g/mol. The molecule has 2 heterocycles. The van der Waals surface area contributed by atoms with Crippen LogP contribution < -0.4 is 28.4 Å². The Labute approximate surface area is 226 Å². The van der Waals surface area contributed by atoms with E-state index in [4.69, 9.17) is 33.2 Å². The quantitative estimate of drug-likeness (QED) is 0.212. The molecule has 0 spiro atoms. The van der Waals surface area contributed by atoms with Crippen LogP contribution >= 0.6 is 15.9 Å². The van der Waals surface area contributed by atoms with E-state index in [1.54, 1.807) is 19.1 Å². The third-order valence-corrected chi connectivity index (χ3v) is 6.50. The lowest BCUT2D eigenvalue weighted by Crippen LogP contribution is -2.12. The number of ketones is 1. The molecule has 0 amide bonds. The van der Waals surface area contributed by atoms with Crippen LogP contribution in [-0.2, 0) is 11.3 Å². The summed E-state index contributed by atoms with van der Waals surface area (Å²) < 4.78 is 39.3. The van der Waals surface area contributed by atoms with Gasteiger partial charge in [-0.05, 0) is 48.9 Å². The zero-order valence-corrected chi connectivity index (χ0v) is 22.6. The fourth-order valence-corrected chi connectivity index (χ4v) is 4.88. The van der Waals surface area contributed by atoms with Crippen LogP contribution in [0, 0.1) is 6.92 Å². The van der Waals surface area contributed by atoms with Crippen molar-refractivity contribution < 1.29 is 42.7 Å². The van der Waals surface area contributed by atoms with Crippen molar-refractivity contribution >= 4 is 33.8 Å². The lowest BCUT2D eigenvalue weighted by atomic mass is 10.0. The first-order valence-electron chi connectivity index (χ1n) is 11.5. The highest BCUT2D eigenvalue weighted by atomic mass is 79.9. The Morgan fingerprint density at radius 2 is 1.74 bits per heavy atom. The second-order valence-corrected chi connectivity index (χ2v) is 9.37. The monoisotopic (exact) mass is 582 g/mol. The Hall–Kier alpha value is -4.02. The van der Waals surface area contributed by atoms with Gasteiger partial charge in [-0.25, -0.2) is 4.79 Å².